The van der Waals surface area contributed by atoms with Gasteiger partial charge in [-0.05, 0) is 6.07 Å². The fourth-order valence-corrected chi connectivity index (χ4v) is 2.21. The molecule has 1 aromatic heterocycles. The number of para-hydroxylation sites is 1. The highest BCUT2D eigenvalue weighted by atomic mass is 16.5. The first-order chi connectivity index (χ1) is 8.74. The molecular weight excluding hydrogens is 232 g/mol. The molecule has 0 fully saturated rings. The van der Waals surface area contributed by atoms with Crippen molar-refractivity contribution in [3.05, 3.63) is 48.0 Å². The van der Waals surface area contributed by atoms with Crippen molar-refractivity contribution in [3.63, 3.8) is 0 Å². The van der Waals surface area contributed by atoms with E-state index in [-0.39, 0.29) is 11.6 Å². The first-order valence-corrected chi connectivity index (χ1v) is 5.71. The lowest BCUT2D eigenvalue weighted by atomic mass is 10.0. The number of aromatic nitrogens is 2. The Morgan fingerprint density at radius 2 is 2.33 bits per heavy atom. The normalized spacial score (nSPS) is 17.2. The Kier molecular flexibility index (Phi) is 2.51. The topological polar surface area (TPSA) is 64.3 Å². The van der Waals surface area contributed by atoms with E-state index in [0.29, 0.717) is 13.2 Å². The van der Waals surface area contributed by atoms with Crippen LogP contribution in [-0.2, 0) is 6.54 Å². The summed E-state index contributed by atoms with van der Waals surface area (Å²) in [5.74, 6) is 0.162. The van der Waals surface area contributed by atoms with Crippen molar-refractivity contribution in [1.82, 2.24) is 9.55 Å². The van der Waals surface area contributed by atoms with E-state index in [1.807, 2.05) is 24.3 Å². The highest BCUT2D eigenvalue weighted by Gasteiger charge is 2.24. The number of hydrogen-bond donors (Lipinski definition) is 1. The van der Waals surface area contributed by atoms with E-state index in [0.717, 1.165) is 5.75 Å². The second-order valence-electron chi connectivity index (χ2n) is 4.31. The van der Waals surface area contributed by atoms with Gasteiger partial charge in [-0.15, -0.1) is 0 Å². The van der Waals surface area contributed by atoms with Crippen molar-refractivity contribution in [3.8, 4) is 5.75 Å². The first-order valence-electron chi connectivity index (χ1n) is 5.71. The fourth-order valence-electron chi connectivity index (χ4n) is 2.21. The van der Waals surface area contributed by atoms with Gasteiger partial charge in [-0.3, -0.25) is 0 Å². The van der Waals surface area contributed by atoms with E-state index in [4.69, 9.17) is 9.84 Å². The van der Waals surface area contributed by atoms with E-state index in [1.165, 1.54) is 5.56 Å². The molecule has 0 saturated carbocycles. The summed E-state index contributed by atoms with van der Waals surface area (Å²) in [6.45, 7) is 1.30. The molecule has 1 aliphatic rings. The van der Waals surface area contributed by atoms with Crippen LogP contribution in [0.1, 0.15) is 22.0 Å². The molecule has 3 rings (SSSR count). The van der Waals surface area contributed by atoms with E-state index in [9.17, 15) is 4.79 Å². The zero-order valence-corrected chi connectivity index (χ0v) is 9.61. The average molecular weight is 244 g/mol. The molecule has 1 N–H and O–H groups in total. The largest absolute Gasteiger partial charge is 0.493 e. The molecule has 0 spiro atoms. The van der Waals surface area contributed by atoms with Gasteiger partial charge in [-0.25, -0.2) is 9.78 Å². The van der Waals surface area contributed by atoms with Gasteiger partial charge in [0.15, 0.2) is 5.69 Å². The minimum Gasteiger partial charge on any atom is -0.493 e. The van der Waals surface area contributed by atoms with E-state index < -0.39 is 5.97 Å². The van der Waals surface area contributed by atoms with Crippen molar-refractivity contribution in [2.75, 3.05) is 6.61 Å². The summed E-state index contributed by atoms with van der Waals surface area (Å²) in [6.07, 6.45) is 3.09. The summed E-state index contributed by atoms with van der Waals surface area (Å²) in [5.41, 5.74) is 1.24. The van der Waals surface area contributed by atoms with Crippen molar-refractivity contribution < 1.29 is 14.6 Å². The van der Waals surface area contributed by atoms with Crippen molar-refractivity contribution in [2.45, 2.75) is 12.5 Å². The number of hydrogen-bond acceptors (Lipinski definition) is 3. The second kappa shape index (κ2) is 4.18. The Morgan fingerprint density at radius 3 is 3.11 bits per heavy atom. The predicted octanol–water partition coefficient (Wildman–Crippen LogP) is 1.76. The zero-order chi connectivity index (χ0) is 12.5. The molecule has 0 aliphatic carbocycles. The third-order valence-corrected chi connectivity index (χ3v) is 3.08. The molecular formula is C13H12N2O3. The summed E-state index contributed by atoms with van der Waals surface area (Å²) < 4.78 is 7.38. The lowest BCUT2D eigenvalue weighted by molar-refractivity contribution is 0.0691. The molecule has 1 unspecified atom stereocenters. The number of fused-ring (bicyclic) bond motifs is 1. The second-order valence-corrected chi connectivity index (χ2v) is 4.31. The molecule has 2 aromatic rings. The zero-order valence-electron chi connectivity index (χ0n) is 9.61. The minimum absolute atomic E-state index is 0.0715. The number of carboxylic acid groups (broad SMARTS) is 1. The summed E-state index contributed by atoms with van der Waals surface area (Å²) in [4.78, 5) is 14.6. The molecule has 5 nitrogen and oxygen atoms in total. The number of aromatic carboxylic acids is 1. The van der Waals surface area contributed by atoms with Gasteiger partial charge in [0.05, 0.1) is 12.9 Å². The van der Waals surface area contributed by atoms with Gasteiger partial charge in [0.2, 0.25) is 0 Å². The third-order valence-electron chi connectivity index (χ3n) is 3.08. The van der Waals surface area contributed by atoms with Crippen molar-refractivity contribution in [1.29, 1.82) is 0 Å². The maximum Gasteiger partial charge on any atom is 0.356 e. The van der Waals surface area contributed by atoms with Gasteiger partial charge in [0, 0.05) is 24.2 Å². The van der Waals surface area contributed by atoms with Crippen molar-refractivity contribution >= 4 is 5.97 Å². The van der Waals surface area contributed by atoms with E-state index in [2.05, 4.69) is 4.98 Å². The molecule has 0 saturated heterocycles. The number of ether oxygens (including phenoxy) is 1. The highest BCUT2D eigenvalue weighted by molar-refractivity contribution is 5.84. The quantitative estimate of drug-likeness (QED) is 0.893. The molecule has 0 bridgehead atoms. The number of imidazole rings is 1. The molecule has 18 heavy (non-hydrogen) atoms. The summed E-state index contributed by atoms with van der Waals surface area (Å²) in [5, 5.41) is 8.82. The molecule has 92 valence electrons. The fraction of sp³-hybridized carbons (Fsp3) is 0.231. The van der Waals surface area contributed by atoms with E-state index >= 15 is 0 Å². The van der Waals surface area contributed by atoms with Gasteiger partial charge in [0.1, 0.15) is 5.75 Å². The molecule has 2 heterocycles. The lowest BCUT2D eigenvalue weighted by Gasteiger charge is -2.08. The molecule has 0 amide bonds. The molecule has 5 heteroatoms. The summed E-state index contributed by atoms with van der Waals surface area (Å²) in [6, 6.07) is 7.92. The number of nitrogens with zero attached hydrogens (tertiary/aromatic N) is 2. The van der Waals surface area contributed by atoms with Gasteiger partial charge in [0.25, 0.3) is 0 Å². The maximum absolute atomic E-state index is 10.7. The molecule has 0 radical (unpaired) electrons. The Hall–Kier alpha value is -2.30. The first kappa shape index (κ1) is 10.8. The van der Waals surface area contributed by atoms with Crippen LogP contribution in [0.25, 0.3) is 0 Å². The Bertz CT molecular complexity index is 591. The predicted molar refractivity (Wildman–Crippen MR) is 63.9 cm³/mol. The Morgan fingerprint density at radius 1 is 1.50 bits per heavy atom. The van der Waals surface area contributed by atoms with Crippen LogP contribution in [0.3, 0.4) is 0 Å². The minimum atomic E-state index is -1.00. The molecule has 1 atom stereocenters. The number of benzene rings is 1. The van der Waals surface area contributed by atoms with Crippen LogP contribution in [0.4, 0.5) is 0 Å². The third kappa shape index (κ3) is 1.84. The maximum atomic E-state index is 10.7. The van der Waals surface area contributed by atoms with Crippen LogP contribution >= 0.6 is 0 Å². The number of carboxylic acids is 1. The monoisotopic (exact) mass is 244 g/mol. The van der Waals surface area contributed by atoms with Gasteiger partial charge < -0.3 is 14.4 Å². The van der Waals surface area contributed by atoms with Gasteiger partial charge in [-0.2, -0.15) is 0 Å². The number of rotatable bonds is 3. The molecule has 1 aromatic carbocycles. The van der Waals surface area contributed by atoms with Crippen LogP contribution < -0.4 is 4.74 Å². The lowest BCUT2D eigenvalue weighted by Crippen LogP contribution is -2.09. The van der Waals surface area contributed by atoms with Crippen LogP contribution in [-0.4, -0.2) is 27.2 Å². The van der Waals surface area contributed by atoms with Crippen molar-refractivity contribution in [2.24, 2.45) is 0 Å². The smallest absolute Gasteiger partial charge is 0.356 e. The van der Waals surface area contributed by atoms with Gasteiger partial charge in [-0.1, -0.05) is 18.2 Å². The van der Waals surface area contributed by atoms with Crippen LogP contribution in [0.15, 0.2) is 36.8 Å². The van der Waals surface area contributed by atoms with Crippen LogP contribution in [0, 0.1) is 0 Å². The van der Waals surface area contributed by atoms with Gasteiger partial charge >= 0.3 is 5.97 Å². The molecule has 1 aliphatic heterocycles. The highest BCUT2D eigenvalue weighted by Crippen LogP contribution is 2.34. The summed E-state index contributed by atoms with van der Waals surface area (Å²) in [7, 11) is 0. The Balaban J connectivity index is 1.80. The average Bonchev–Trinajstić information content (AvgIpc) is 2.98. The Labute approximate surface area is 104 Å². The van der Waals surface area contributed by atoms with Crippen LogP contribution in [0.2, 0.25) is 0 Å². The standard InChI is InChI=1S/C13H12N2O3/c16-13(17)11-6-15(8-14-11)5-9-7-18-12-4-2-1-3-10(9)12/h1-4,6,8-9H,5,7H2,(H,16,17). The van der Waals surface area contributed by atoms with E-state index in [1.54, 1.807) is 17.1 Å². The summed E-state index contributed by atoms with van der Waals surface area (Å²) >= 11 is 0. The number of carbonyl (C=O) groups is 1. The van der Waals surface area contributed by atoms with Crippen LogP contribution in [0.5, 0.6) is 5.75 Å². The SMILES string of the molecule is O=C(O)c1cn(CC2COc3ccccc32)cn1.